The van der Waals surface area contributed by atoms with E-state index >= 15 is 0 Å². The minimum atomic E-state index is -5.39. The molecule has 0 saturated carbocycles. The van der Waals surface area contributed by atoms with E-state index < -0.39 is 31.3 Å². The smallest absolute Gasteiger partial charge is 0.822 e. The molecule has 0 bridgehead atoms. The van der Waals surface area contributed by atoms with Crippen molar-refractivity contribution in [1.29, 1.82) is 0 Å². The van der Waals surface area contributed by atoms with Gasteiger partial charge in [-0.3, -0.25) is 0 Å². The van der Waals surface area contributed by atoms with Crippen LogP contribution in [0.4, 0.5) is 0 Å². The summed E-state index contributed by atoms with van der Waals surface area (Å²) in [5, 5.41) is 0. The van der Waals surface area contributed by atoms with E-state index in [0.717, 1.165) is 0 Å². The van der Waals surface area contributed by atoms with Crippen LogP contribution in [0.15, 0.2) is 0 Å². The largest absolute Gasteiger partial charge is 3.00 e. The van der Waals surface area contributed by atoms with Crippen molar-refractivity contribution in [3.05, 3.63) is 0 Å². The Bertz CT molecular complexity index is 303. The average Bonchev–Trinajstić information content (AvgIpc) is 1.62. The maximum atomic E-state index is 8.55. The van der Waals surface area contributed by atoms with Gasteiger partial charge in [0.2, 0.25) is 0 Å². The van der Waals surface area contributed by atoms with Gasteiger partial charge in [0.15, 0.2) is 0 Å². The Morgan fingerprint density at radius 1 is 0.440 bits per heavy atom. The monoisotopic (exact) mass is 907 g/mol. The molecule has 17 nitrogen and oxygen atoms in total. The molecular formula is H2CeLaNdO17P4Y. The van der Waals surface area contributed by atoms with Gasteiger partial charge in [-0.1, -0.05) is 0 Å². The van der Waals surface area contributed by atoms with E-state index in [1.165, 1.54) is 0 Å². The van der Waals surface area contributed by atoms with Crippen molar-refractivity contribution in [2.45, 2.75) is 0 Å². The molecule has 2 radical (unpaired) electrons. The molecule has 0 spiro atoms. The first-order chi connectivity index (χ1) is 8.00. The fraction of sp³-hybridized carbons (Fsp3) is 0. The van der Waals surface area contributed by atoms with Crippen molar-refractivity contribution in [3.63, 3.8) is 0 Å². The second kappa shape index (κ2) is 27.5. The van der Waals surface area contributed by atoms with Crippen LogP contribution in [-0.2, 0) is 51.0 Å². The summed E-state index contributed by atoms with van der Waals surface area (Å²) in [5.74, 6) is 0. The van der Waals surface area contributed by atoms with Crippen LogP contribution in [-0.4, -0.2) is 5.48 Å². The van der Waals surface area contributed by atoms with E-state index in [9.17, 15) is 0 Å². The molecule has 0 unspecified atom stereocenters. The van der Waals surface area contributed by atoms with Crippen molar-refractivity contribution in [1.82, 2.24) is 0 Å². The van der Waals surface area contributed by atoms with Crippen LogP contribution in [0.25, 0.3) is 0 Å². The minimum absolute atomic E-state index is 0. The van der Waals surface area contributed by atoms with Crippen LogP contribution in [0, 0.1) is 118 Å². The van der Waals surface area contributed by atoms with Gasteiger partial charge in [-0.25, -0.2) is 0 Å². The maximum Gasteiger partial charge on any atom is 3.00 e. The molecule has 0 heterocycles. The number of rotatable bonds is 0. The summed E-state index contributed by atoms with van der Waals surface area (Å²) < 4.78 is 34.2. The second-order valence-electron chi connectivity index (χ2n) is 1.79. The van der Waals surface area contributed by atoms with Crippen molar-refractivity contribution in [3.8, 4) is 0 Å². The quantitative estimate of drug-likeness (QED) is 0.204. The predicted octanol–water partition coefficient (Wildman–Crippen LogP) is -12.1. The zero-order valence-electron chi connectivity index (χ0n) is 11.0. The van der Waals surface area contributed by atoms with Crippen molar-refractivity contribution >= 4 is 31.3 Å². The normalized spacial score (nSPS) is 9.44. The van der Waals surface area contributed by atoms with Crippen LogP contribution >= 0.6 is 31.3 Å². The topological polar surface area (TPSA) is 376 Å². The molecular weight excluding hydrogens is 908 g/mol. The summed E-state index contributed by atoms with van der Waals surface area (Å²) in [5.41, 5.74) is 0. The SMILES string of the molecule is O.O=P([O-])([O-])[O-].O=P([O-])([O-])[O-].O=P([O-])([O-])[O-].O=P([O-])([O-])[O-].[Ce+3].[La+3].[Nd+3].[Y+3]. The van der Waals surface area contributed by atoms with Crippen LogP contribution < -0.4 is 58.7 Å². The molecule has 0 fully saturated rings. The molecule has 138 valence electrons. The molecule has 0 aliphatic heterocycles. The first kappa shape index (κ1) is 57.4. The zero-order chi connectivity index (χ0) is 18.0. The van der Waals surface area contributed by atoms with Gasteiger partial charge in [-0.05, 0) is 0 Å². The van der Waals surface area contributed by atoms with Gasteiger partial charge in [0.05, 0.1) is 0 Å². The third-order valence-electron chi connectivity index (χ3n) is 0. The Morgan fingerprint density at radius 2 is 0.440 bits per heavy atom. The molecule has 0 aromatic carbocycles. The van der Waals surface area contributed by atoms with E-state index in [1.807, 2.05) is 0 Å². The Labute approximate surface area is 259 Å². The molecule has 2 N–H and O–H groups in total. The molecule has 0 saturated heterocycles. The minimum Gasteiger partial charge on any atom is -0.822 e. The Balaban J connectivity index is -0.0000000183. The number of phosphoric acid groups is 4. The van der Waals surface area contributed by atoms with Crippen LogP contribution in [0.2, 0.25) is 0 Å². The first-order valence-electron chi connectivity index (χ1n) is 2.92. The standard InChI is InChI=1S/Ce.La.Nd.4H3O4P.H2O.Y/c;;;4*1-5(2,3)4;;/h;;;4*(H3,1,2,3,4);1H2;/q3*+3;;;;;;+3/p-12. The number of hydrogen-bond acceptors (Lipinski definition) is 16. The van der Waals surface area contributed by atoms with Crippen LogP contribution in [0.5, 0.6) is 0 Å². The molecule has 0 aliphatic carbocycles. The van der Waals surface area contributed by atoms with Crippen LogP contribution in [0.1, 0.15) is 0 Å². The third-order valence-corrected chi connectivity index (χ3v) is 0. The first-order valence-corrected chi connectivity index (χ1v) is 8.76. The maximum absolute atomic E-state index is 8.55. The number of hydrogen-bond donors (Lipinski definition) is 0. The van der Waals surface area contributed by atoms with E-state index in [2.05, 4.69) is 0 Å². The molecule has 25 heteroatoms. The summed E-state index contributed by atoms with van der Waals surface area (Å²) in [4.78, 5) is 103. The summed E-state index contributed by atoms with van der Waals surface area (Å²) in [6.07, 6.45) is 0. The molecule has 25 heavy (non-hydrogen) atoms. The second-order valence-corrected chi connectivity index (χ2v) is 5.37. The molecule has 0 amide bonds. The van der Waals surface area contributed by atoms with E-state index in [4.69, 9.17) is 77.0 Å². The van der Waals surface area contributed by atoms with Gasteiger partial charge in [-0.2, -0.15) is 31.3 Å². The summed E-state index contributed by atoms with van der Waals surface area (Å²) in [7, 11) is -21.6. The summed E-state index contributed by atoms with van der Waals surface area (Å²) in [6.45, 7) is 0. The van der Waals surface area contributed by atoms with Gasteiger partial charge in [-0.15, -0.1) is 0 Å². The third kappa shape index (κ3) is 752. The van der Waals surface area contributed by atoms with E-state index in [1.54, 1.807) is 0 Å². The Hall–Kier alpha value is 5.43. The average molecular weight is 910 g/mol. The fourth-order valence-corrected chi connectivity index (χ4v) is 0. The van der Waals surface area contributed by atoms with Crippen molar-refractivity contribution in [2.24, 2.45) is 0 Å². The Kier molecular flexibility index (Phi) is 63.0. The van der Waals surface area contributed by atoms with Gasteiger partial charge in [0.25, 0.3) is 0 Å². The van der Waals surface area contributed by atoms with E-state index in [0.29, 0.717) is 0 Å². The fourth-order valence-electron chi connectivity index (χ4n) is 0. The predicted molar refractivity (Wildman–Crippen MR) is 34.0 cm³/mol. The molecule has 0 aromatic heterocycles. The summed E-state index contributed by atoms with van der Waals surface area (Å²) in [6, 6.07) is 0. The molecule has 0 aliphatic rings. The van der Waals surface area contributed by atoms with Gasteiger partial charge in [0, 0.05) is 0 Å². The molecule has 0 atom stereocenters. The molecule has 0 rings (SSSR count). The zero-order valence-corrected chi connectivity index (χ0v) is 27.4. The van der Waals surface area contributed by atoms with Crippen LogP contribution in [0.3, 0.4) is 0 Å². The summed E-state index contributed by atoms with van der Waals surface area (Å²) >= 11 is 0. The van der Waals surface area contributed by atoms with Crippen molar-refractivity contribution < 1.29 is 233 Å². The van der Waals surface area contributed by atoms with E-state index in [-0.39, 0.29) is 156 Å². The van der Waals surface area contributed by atoms with Crippen molar-refractivity contribution in [2.75, 3.05) is 0 Å². The van der Waals surface area contributed by atoms with Gasteiger partial charge < -0.3 is 82.5 Å². The molecule has 0 aromatic rings. The Morgan fingerprint density at radius 3 is 0.440 bits per heavy atom. The van der Waals surface area contributed by atoms with Gasteiger partial charge in [0.1, 0.15) is 0 Å². The van der Waals surface area contributed by atoms with Gasteiger partial charge >= 0.3 is 151 Å².